The van der Waals surface area contributed by atoms with Crippen molar-refractivity contribution in [2.45, 2.75) is 64.8 Å². The molecule has 0 saturated carbocycles. The molecular weight excluding hydrogens is 210 g/mol. The van der Waals surface area contributed by atoms with Gasteiger partial charge in [-0.25, -0.2) is 0 Å². The number of rotatable bonds is 2. The van der Waals surface area contributed by atoms with Crippen molar-refractivity contribution in [3.8, 4) is 0 Å². The largest absolute Gasteiger partial charge is 0.330 e. The third-order valence-corrected chi connectivity index (χ3v) is 3.73. The lowest BCUT2D eigenvalue weighted by Crippen LogP contribution is -2.27. The number of aryl methyl sites for hydroxylation is 1. The van der Waals surface area contributed by atoms with E-state index in [2.05, 4.69) is 32.4 Å². The van der Waals surface area contributed by atoms with Crippen molar-refractivity contribution in [2.24, 2.45) is 5.73 Å². The maximum absolute atomic E-state index is 5.92. The maximum atomic E-state index is 5.92. The zero-order valence-corrected chi connectivity index (χ0v) is 11.6. The zero-order valence-electron chi connectivity index (χ0n) is 11.6. The monoisotopic (exact) mass is 235 g/mol. The summed E-state index contributed by atoms with van der Waals surface area (Å²) >= 11 is 0. The Morgan fingerprint density at radius 1 is 1.41 bits per heavy atom. The van der Waals surface area contributed by atoms with E-state index in [9.17, 15) is 0 Å². The summed E-state index contributed by atoms with van der Waals surface area (Å²) < 4.78 is 2.24. The number of nitrogens with zero attached hydrogens (tertiary/aromatic N) is 2. The van der Waals surface area contributed by atoms with E-state index in [-0.39, 0.29) is 5.54 Å². The highest BCUT2D eigenvalue weighted by Gasteiger charge is 2.30. The summed E-state index contributed by atoms with van der Waals surface area (Å²) in [6.45, 7) is 9.64. The third kappa shape index (κ3) is 2.13. The van der Waals surface area contributed by atoms with Crippen LogP contribution in [0.15, 0.2) is 0 Å². The average Bonchev–Trinajstić information content (AvgIpc) is 2.67. The minimum Gasteiger partial charge on any atom is -0.330 e. The van der Waals surface area contributed by atoms with Gasteiger partial charge in [0.05, 0.1) is 11.2 Å². The highest BCUT2D eigenvalue weighted by Crippen LogP contribution is 2.35. The highest BCUT2D eigenvalue weighted by molar-refractivity contribution is 5.33. The van der Waals surface area contributed by atoms with Crippen molar-refractivity contribution in [3.63, 3.8) is 0 Å². The smallest absolute Gasteiger partial charge is 0.0660 e. The lowest BCUT2D eigenvalue weighted by molar-refractivity contribution is 0.336. The first kappa shape index (κ1) is 12.6. The van der Waals surface area contributed by atoms with Gasteiger partial charge in [-0.05, 0) is 58.9 Å². The fourth-order valence-electron chi connectivity index (χ4n) is 2.94. The Kier molecular flexibility index (Phi) is 3.30. The van der Waals surface area contributed by atoms with Crippen LogP contribution in [-0.4, -0.2) is 16.3 Å². The summed E-state index contributed by atoms with van der Waals surface area (Å²) in [5, 5.41) is 4.84. The highest BCUT2D eigenvalue weighted by atomic mass is 15.3. The second-order valence-corrected chi connectivity index (χ2v) is 6.07. The molecule has 3 nitrogen and oxygen atoms in total. The minimum atomic E-state index is 0.0774. The first-order chi connectivity index (χ1) is 7.99. The van der Waals surface area contributed by atoms with Crippen LogP contribution in [0.1, 0.15) is 63.4 Å². The summed E-state index contributed by atoms with van der Waals surface area (Å²) in [4.78, 5) is 0. The quantitative estimate of drug-likeness (QED) is 0.856. The van der Waals surface area contributed by atoms with Crippen LogP contribution in [0.3, 0.4) is 0 Å². The van der Waals surface area contributed by atoms with Crippen LogP contribution in [-0.2, 0) is 18.4 Å². The van der Waals surface area contributed by atoms with E-state index in [0.717, 1.165) is 19.4 Å². The van der Waals surface area contributed by atoms with Crippen LogP contribution >= 0.6 is 0 Å². The zero-order chi connectivity index (χ0) is 12.6. The van der Waals surface area contributed by atoms with Gasteiger partial charge in [0.1, 0.15) is 0 Å². The molecule has 1 aliphatic rings. The standard InChI is InChI=1S/C14H25N3/c1-5-11-13-10(9-15)7-6-8-12(13)17(16-11)14(2,3)4/h10H,5-9,15H2,1-4H3. The Hall–Kier alpha value is -0.830. The molecule has 0 saturated heterocycles. The first-order valence-corrected chi connectivity index (χ1v) is 6.80. The molecule has 1 aromatic heterocycles. The van der Waals surface area contributed by atoms with E-state index in [1.54, 1.807) is 0 Å². The normalized spacial score (nSPS) is 20.4. The number of fused-ring (bicyclic) bond motifs is 1. The van der Waals surface area contributed by atoms with Crippen molar-refractivity contribution in [1.82, 2.24) is 9.78 Å². The van der Waals surface area contributed by atoms with E-state index in [4.69, 9.17) is 10.8 Å². The lowest BCUT2D eigenvalue weighted by Gasteiger charge is -2.27. The fraction of sp³-hybridized carbons (Fsp3) is 0.786. The Morgan fingerprint density at radius 2 is 2.12 bits per heavy atom. The second kappa shape index (κ2) is 4.45. The summed E-state index contributed by atoms with van der Waals surface area (Å²) in [7, 11) is 0. The lowest BCUT2D eigenvalue weighted by atomic mass is 9.84. The molecule has 0 amide bonds. The molecule has 0 aromatic carbocycles. The Labute approximate surface area is 104 Å². The van der Waals surface area contributed by atoms with Crippen molar-refractivity contribution in [2.75, 3.05) is 6.54 Å². The minimum absolute atomic E-state index is 0.0774. The Bertz CT molecular complexity index is 398. The molecular formula is C14H25N3. The summed E-state index contributed by atoms with van der Waals surface area (Å²) in [6.07, 6.45) is 4.66. The molecule has 1 aromatic rings. The van der Waals surface area contributed by atoms with Gasteiger partial charge in [-0.15, -0.1) is 0 Å². The van der Waals surface area contributed by atoms with Crippen molar-refractivity contribution < 1.29 is 0 Å². The molecule has 17 heavy (non-hydrogen) atoms. The number of aromatic nitrogens is 2. The van der Waals surface area contributed by atoms with Crippen molar-refractivity contribution in [1.29, 1.82) is 0 Å². The van der Waals surface area contributed by atoms with Gasteiger partial charge in [-0.1, -0.05) is 6.92 Å². The van der Waals surface area contributed by atoms with E-state index >= 15 is 0 Å². The van der Waals surface area contributed by atoms with E-state index in [1.807, 2.05) is 0 Å². The molecule has 2 rings (SSSR count). The SMILES string of the molecule is CCc1nn(C(C)(C)C)c2c1C(CN)CCC2. The van der Waals surface area contributed by atoms with Crippen molar-refractivity contribution >= 4 is 0 Å². The molecule has 1 heterocycles. The van der Waals surface area contributed by atoms with Crippen LogP contribution in [0.4, 0.5) is 0 Å². The summed E-state index contributed by atoms with van der Waals surface area (Å²) in [6, 6.07) is 0. The molecule has 0 bridgehead atoms. The van der Waals surface area contributed by atoms with Crippen LogP contribution in [0.5, 0.6) is 0 Å². The van der Waals surface area contributed by atoms with Gasteiger partial charge in [0.25, 0.3) is 0 Å². The summed E-state index contributed by atoms with van der Waals surface area (Å²) in [5.74, 6) is 0.532. The molecule has 96 valence electrons. The number of nitrogens with two attached hydrogens (primary N) is 1. The molecule has 1 aliphatic carbocycles. The Balaban J connectivity index is 2.56. The van der Waals surface area contributed by atoms with E-state index in [1.165, 1.54) is 29.8 Å². The van der Waals surface area contributed by atoms with E-state index in [0.29, 0.717) is 5.92 Å². The predicted molar refractivity (Wildman–Crippen MR) is 71.3 cm³/mol. The fourth-order valence-corrected chi connectivity index (χ4v) is 2.94. The van der Waals surface area contributed by atoms with E-state index < -0.39 is 0 Å². The second-order valence-electron chi connectivity index (χ2n) is 6.07. The molecule has 0 aliphatic heterocycles. The van der Waals surface area contributed by atoms with Gasteiger partial charge in [0, 0.05) is 11.3 Å². The van der Waals surface area contributed by atoms with Crippen LogP contribution in [0.2, 0.25) is 0 Å². The number of hydrogen-bond donors (Lipinski definition) is 1. The topological polar surface area (TPSA) is 43.8 Å². The molecule has 0 radical (unpaired) electrons. The molecule has 1 atom stereocenters. The maximum Gasteiger partial charge on any atom is 0.0660 e. The summed E-state index contributed by atoms with van der Waals surface area (Å²) in [5.41, 5.74) is 10.2. The van der Waals surface area contributed by atoms with Crippen LogP contribution in [0.25, 0.3) is 0 Å². The molecule has 2 N–H and O–H groups in total. The molecule has 0 spiro atoms. The third-order valence-electron chi connectivity index (χ3n) is 3.73. The van der Waals surface area contributed by atoms with Gasteiger partial charge in [-0.2, -0.15) is 5.10 Å². The molecule has 1 unspecified atom stereocenters. The van der Waals surface area contributed by atoms with Gasteiger partial charge in [-0.3, -0.25) is 4.68 Å². The van der Waals surface area contributed by atoms with Gasteiger partial charge < -0.3 is 5.73 Å². The van der Waals surface area contributed by atoms with Crippen molar-refractivity contribution in [3.05, 3.63) is 17.0 Å². The predicted octanol–water partition coefficient (Wildman–Crippen LogP) is 2.58. The van der Waals surface area contributed by atoms with Crippen LogP contribution < -0.4 is 5.73 Å². The average molecular weight is 235 g/mol. The van der Waals surface area contributed by atoms with Gasteiger partial charge in [0.2, 0.25) is 0 Å². The molecule has 3 heteroatoms. The van der Waals surface area contributed by atoms with Crippen LogP contribution in [0, 0.1) is 0 Å². The first-order valence-electron chi connectivity index (χ1n) is 6.80. The van der Waals surface area contributed by atoms with Gasteiger partial charge in [0.15, 0.2) is 0 Å². The number of hydrogen-bond acceptors (Lipinski definition) is 2. The Morgan fingerprint density at radius 3 is 2.65 bits per heavy atom. The molecule has 0 fully saturated rings. The van der Waals surface area contributed by atoms with Gasteiger partial charge >= 0.3 is 0 Å².